The zero-order valence-electron chi connectivity index (χ0n) is 26.0. The summed E-state index contributed by atoms with van der Waals surface area (Å²) in [4.78, 5) is 28.8. The van der Waals surface area contributed by atoms with Crippen molar-refractivity contribution in [3.8, 4) is 0 Å². The highest BCUT2D eigenvalue weighted by atomic mass is 16.6. The lowest BCUT2D eigenvalue weighted by molar-refractivity contribution is 0.145. The number of hydrogen-bond acceptors (Lipinski definition) is 6. The SMILES string of the molecule is CCCCCCCCCN(C)CCOC(=O)Nc1cccc(NC(=O)OCCN(C)CCCCCCCCC)c1. The van der Waals surface area contributed by atoms with E-state index in [0.717, 1.165) is 13.1 Å². The third-order valence-corrected chi connectivity index (χ3v) is 7.05. The van der Waals surface area contributed by atoms with Crippen LogP contribution in [0.2, 0.25) is 0 Å². The molecule has 2 amide bonds. The van der Waals surface area contributed by atoms with E-state index in [1.165, 1.54) is 89.9 Å². The predicted octanol–water partition coefficient (Wildman–Crippen LogP) is 8.15. The number of anilines is 2. The summed E-state index contributed by atoms with van der Waals surface area (Å²) in [5.41, 5.74) is 1.10. The number of ether oxygens (including phenoxy) is 2. The summed E-state index contributed by atoms with van der Waals surface area (Å²) in [6, 6.07) is 6.95. The smallest absolute Gasteiger partial charge is 0.411 e. The normalized spacial score (nSPS) is 11.2. The van der Waals surface area contributed by atoms with Crippen LogP contribution in [0.1, 0.15) is 104 Å². The maximum absolute atomic E-state index is 12.2. The van der Waals surface area contributed by atoms with Gasteiger partial charge in [0.1, 0.15) is 13.2 Å². The highest BCUT2D eigenvalue weighted by Crippen LogP contribution is 2.16. The lowest BCUT2D eigenvalue weighted by atomic mass is 10.1. The minimum atomic E-state index is -0.506. The number of carbonyl (C=O) groups excluding carboxylic acids is 2. The fourth-order valence-corrected chi connectivity index (χ4v) is 4.47. The molecule has 0 saturated heterocycles. The Balaban J connectivity index is 2.16. The quantitative estimate of drug-likeness (QED) is 0.124. The van der Waals surface area contributed by atoms with Crippen molar-refractivity contribution >= 4 is 23.6 Å². The second kappa shape index (κ2) is 24.5. The number of unbranched alkanes of at least 4 members (excludes halogenated alkanes) is 12. The standard InChI is InChI=1S/C32H58N4O4/c1-5-7-9-11-13-15-17-22-35(3)24-26-39-31(37)33-29-20-19-21-30(28-29)34-32(38)40-27-25-36(4)23-18-16-14-12-10-8-6-2/h19-21,28H,5-18,22-27H2,1-4H3,(H,33,37)(H,34,38). The molecule has 40 heavy (non-hydrogen) atoms. The minimum absolute atomic E-state index is 0.330. The molecule has 1 rings (SSSR count). The van der Waals surface area contributed by atoms with Crippen LogP contribution in [0.25, 0.3) is 0 Å². The van der Waals surface area contributed by atoms with Crippen molar-refractivity contribution in [1.29, 1.82) is 0 Å². The Kier molecular flexibility index (Phi) is 21.8. The summed E-state index contributed by atoms with van der Waals surface area (Å²) in [7, 11) is 4.11. The number of nitrogens with zero attached hydrogens (tertiary/aromatic N) is 2. The molecule has 8 nitrogen and oxygen atoms in total. The van der Waals surface area contributed by atoms with E-state index in [-0.39, 0.29) is 0 Å². The zero-order valence-corrected chi connectivity index (χ0v) is 26.0. The molecule has 1 aromatic rings. The largest absolute Gasteiger partial charge is 0.448 e. The molecule has 0 radical (unpaired) electrons. The van der Waals surface area contributed by atoms with Crippen LogP contribution in [0, 0.1) is 0 Å². The molecule has 230 valence electrons. The highest BCUT2D eigenvalue weighted by molar-refractivity contribution is 5.88. The van der Waals surface area contributed by atoms with Crippen molar-refractivity contribution in [2.45, 2.75) is 104 Å². The molecule has 1 aromatic carbocycles. The van der Waals surface area contributed by atoms with Crippen LogP contribution < -0.4 is 10.6 Å². The van der Waals surface area contributed by atoms with E-state index in [4.69, 9.17) is 9.47 Å². The lowest BCUT2D eigenvalue weighted by Crippen LogP contribution is -2.27. The summed E-state index contributed by atoms with van der Waals surface area (Å²) in [5, 5.41) is 5.45. The Bertz CT molecular complexity index is 718. The Morgan fingerprint density at radius 1 is 0.600 bits per heavy atom. The highest BCUT2D eigenvalue weighted by Gasteiger charge is 2.08. The Morgan fingerprint density at radius 2 is 0.975 bits per heavy atom. The topological polar surface area (TPSA) is 83.1 Å². The first kappa shape index (κ1) is 35.7. The second-order valence-corrected chi connectivity index (χ2v) is 11.0. The summed E-state index contributed by atoms with van der Waals surface area (Å²) >= 11 is 0. The second-order valence-electron chi connectivity index (χ2n) is 11.0. The van der Waals surface area contributed by atoms with E-state index in [0.29, 0.717) is 37.7 Å². The van der Waals surface area contributed by atoms with Gasteiger partial charge in [-0.15, -0.1) is 0 Å². The van der Waals surface area contributed by atoms with E-state index >= 15 is 0 Å². The Hall–Kier alpha value is -2.32. The van der Waals surface area contributed by atoms with Gasteiger partial charge in [-0.25, -0.2) is 9.59 Å². The third-order valence-electron chi connectivity index (χ3n) is 7.05. The molecular weight excluding hydrogens is 504 g/mol. The van der Waals surface area contributed by atoms with Crippen molar-refractivity contribution in [2.24, 2.45) is 0 Å². The van der Waals surface area contributed by atoms with Crippen LogP contribution in [0.4, 0.5) is 21.0 Å². The first-order valence-corrected chi connectivity index (χ1v) is 15.8. The van der Waals surface area contributed by atoms with Gasteiger partial charge in [-0.3, -0.25) is 10.6 Å². The van der Waals surface area contributed by atoms with Gasteiger partial charge >= 0.3 is 12.2 Å². The van der Waals surface area contributed by atoms with Crippen LogP contribution in [0.3, 0.4) is 0 Å². The van der Waals surface area contributed by atoms with Gasteiger partial charge in [0.05, 0.1) is 0 Å². The van der Waals surface area contributed by atoms with Crippen molar-refractivity contribution < 1.29 is 19.1 Å². The first-order chi connectivity index (χ1) is 19.4. The molecule has 0 heterocycles. The molecular formula is C32H58N4O4. The molecule has 0 saturated carbocycles. The number of carbonyl (C=O) groups is 2. The monoisotopic (exact) mass is 562 g/mol. The molecule has 0 bridgehead atoms. The number of amides is 2. The van der Waals surface area contributed by atoms with Crippen LogP contribution in [0.5, 0.6) is 0 Å². The molecule has 0 aliphatic heterocycles. The van der Waals surface area contributed by atoms with Crippen LogP contribution in [0.15, 0.2) is 24.3 Å². The minimum Gasteiger partial charge on any atom is -0.448 e. The number of benzene rings is 1. The van der Waals surface area contributed by atoms with E-state index in [2.05, 4.69) is 48.4 Å². The predicted molar refractivity (Wildman–Crippen MR) is 167 cm³/mol. The summed E-state index contributed by atoms with van der Waals surface area (Å²) in [5.74, 6) is 0. The molecule has 0 fully saturated rings. The van der Waals surface area contributed by atoms with Gasteiger partial charge in [0, 0.05) is 24.5 Å². The maximum atomic E-state index is 12.2. The van der Waals surface area contributed by atoms with E-state index < -0.39 is 12.2 Å². The average Bonchev–Trinajstić information content (AvgIpc) is 2.92. The van der Waals surface area contributed by atoms with Gasteiger partial charge < -0.3 is 19.3 Å². The summed E-state index contributed by atoms with van der Waals surface area (Å²) in [6.07, 6.45) is 17.0. The number of rotatable bonds is 24. The van der Waals surface area contributed by atoms with Crippen LogP contribution in [-0.4, -0.2) is 75.5 Å². The molecule has 0 atom stereocenters. The van der Waals surface area contributed by atoms with Gasteiger partial charge in [-0.2, -0.15) is 0 Å². The van der Waals surface area contributed by atoms with Gasteiger partial charge in [0.25, 0.3) is 0 Å². The number of hydrogen-bond donors (Lipinski definition) is 2. The zero-order chi connectivity index (χ0) is 29.3. The maximum Gasteiger partial charge on any atom is 0.411 e. The molecule has 0 aliphatic rings. The molecule has 0 unspecified atom stereocenters. The van der Waals surface area contributed by atoms with Gasteiger partial charge in [0.2, 0.25) is 0 Å². The van der Waals surface area contributed by atoms with Gasteiger partial charge in [-0.1, -0.05) is 97.0 Å². The van der Waals surface area contributed by atoms with Crippen LogP contribution >= 0.6 is 0 Å². The van der Waals surface area contributed by atoms with E-state index in [1.807, 2.05) is 0 Å². The summed E-state index contributed by atoms with van der Waals surface area (Å²) in [6.45, 7) is 8.56. The molecule has 0 aromatic heterocycles. The molecule has 0 aliphatic carbocycles. The van der Waals surface area contributed by atoms with Crippen LogP contribution in [-0.2, 0) is 9.47 Å². The Labute approximate surface area is 244 Å². The van der Waals surface area contributed by atoms with E-state index in [1.54, 1.807) is 24.3 Å². The van der Waals surface area contributed by atoms with E-state index in [9.17, 15) is 9.59 Å². The molecule has 8 heteroatoms. The van der Waals surface area contributed by atoms with Crippen molar-refractivity contribution in [2.75, 3.05) is 64.1 Å². The van der Waals surface area contributed by atoms with Gasteiger partial charge in [-0.05, 0) is 58.2 Å². The van der Waals surface area contributed by atoms with Crippen molar-refractivity contribution in [3.63, 3.8) is 0 Å². The summed E-state index contributed by atoms with van der Waals surface area (Å²) < 4.78 is 10.7. The number of nitrogens with one attached hydrogen (secondary N) is 2. The average molecular weight is 563 g/mol. The molecule has 2 N–H and O–H groups in total. The van der Waals surface area contributed by atoms with Gasteiger partial charge in [0.15, 0.2) is 0 Å². The fourth-order valence-electron chi connectivity index (χ4n) is 4.47. The van der Waals surface area contributed by atoms with Crippen molar-refractivity contribution in [1.82, 2.24) is 9.80 Å². The lowest BCUT2D eigenvalue weighted by Gasteiger charge is -2.17. The third kappa shape index (κ3) is 20.6. The first-order valence-electron chi connectivity index (χ1n) is 15.8. The molecule has 0 spiro atoms. The van der Waals surface area contributed by atoms with Crippen molar-refractivity contribution in [3.05, 3.63) is 24.3 Å². The fraction of sp³-hybridized carbons (Fsp3) is 0.750. The number of likely N-dealkylation sites (N-methyl/N-ethyl adjacent to an activating group) is 2. The Morgan fingerprint density at radius 3 is 1.38 bits per heavy atom.